The van der Waals surface area contributed by atoms with Crippen LogP contribution in [0.25, 0.3) is 11.2 Å². The van der Waals surface area contributed by atoms with Gasteiger partial charge >= 0.3 is 7.82 Å². The molecular weight excluding hydrogens is 349 g/mol. The van der Waals surface area contributed by atoms with E-state index >= 15 is 0 Å². The molecule has 4 atom stereocenters. The lowest BCUT2D eigenvalue weighted by atomic mass is 10.1. The lowest BCUT2D eigenvalue weighted by Gasteiger charge is -2.17. The fourth-order valence-electron chi connectivity index (χ4n) is 2.32. The first kappa shape index (κ1) is 16.6. The van der Waals surface area contributed by atoms with Gasteiger partial charge in [0.15, 0.2) is 11.5 Å². The number of aliphatic hydroxyl groups is 2. The Bertz CT molecular complexity index is 767. The summed E-state index contributed by atoms with van der Waals surface area (Å²) in [6.07, 6.45) is 0.245. The molecule has 3 rings (SSSR count). The van der Waals surface area contributed by atoms with Gasteiger partial charge in [-0.1, -0.05) is 0 Å². The van der Waals surface area contributed by atoms with Crippen LogP contribution in [0.15, 0.2) is 12.7 Å². The number of anilines is 1. The van der Waals surface area contributed by atoms with Crippen molar-refractivity contribution in [2.24, 2.45) is 0 Å². The molecule has 2 aromatic rings. The number of hydrogen-bond acceptors (Lipinski definition) is 9. The first-order valence-electron chi connectivity index (χ1n) is 6.42. The Morgan fingerprint density at radius 2 is 2.04 bits per heavy atom. The van der Waals surface area contributed by atoms with E-state index in [2.05, 4.69) is 19.5 Å². The SMILES string of the molecule is Nc1ncnc2c1ncn2[C@@H]1S[C@H](COP(=O)(O)O)[C@@H](O)[C@H]1O. The van der Waals surface area contributed by atoms with E-state index in [0.717, 1.165) is 11.8 Å². The average Bonchev–Trinajstić information content (AvgIpc) is 3.01. The lowest BCUT2D eigenvalue weighted by Crippen LogP contribution is -2.33. The maximum absolute atomic E-state index is 10.8. The number of imidazole rings is 1. The maximum atomic E-state index is 10.8. The van der Waals surface area contributed by atoms with Crippen LogP contribution in [0.2, 0.25) is 0 Å². The van der Waals surface area contributed by atoms with Gasteiger partial charge in [0.25, 0.3) is 0 Å². The zero-order chi connectivity index (χ0) is 16.8. The highest BCUT2D eigenvalue weighted by Crippen LogP contribution is 2.45. The molecule has 0 saturated carbocycles. The second kappa shape index (κ2) is 5.98. The Morgan fingerprint density at radius 3 is 2.74 bits per heavy atom. The first-order chi connectivity index (χ1) is 10.8. The van der Waals surface area contributed by atoms with Crippen LogP contribution in [0.1, 0.15) is 5.37 Å². The highest BCUT2D eigenvalue weighted by molar-refractivity contribution is 8.00. The normalized spacial score (nSPS) is 28.5. The van der Waals surface area contributed by atoms with Gasteiger partial charge in [-0.15, -0.1) is 11.8 Å². The third kappa shape index (κ3) is 3.19. The minimum Gasteiger partial charge on any atom is -0.389 e. The van der Waals surface area contributed by atoms with Crippen LogP contribution in [0.3, 0.4) is 0 Å². The van der Waals surface area contributed by atoms with Crippen molar-refractivity contribution in [2.75, 3.05) is 12.3 Å². The number of hydrogen-bond donors (Lipinski definition) is 5. The van der Waals surface area contributed by atoms with Crippen LogP contribution in [0.4, 0.5) is 5.82 Å². The summed E-state index contributed by atoms with van der Waals surface area (Å²) in [5.74, 6) is 0.188. The third-order valence-corrected chi connectivity index (χ3v) is 5.44. The van der Waals surface area contributed by atoms with Gasteiger partial charge in [0.2, 0.25) is 0 Å². The number of rotatable bonds is 4. The van der Waals surface area contributed by atoms with Gasteiger partial charge in [0.1, 0.15) is 23.3 Å². The minimum absolute atomic E-state index is 0.188. The van der Waals surface area contributed by atoms with Gasteiger partial charge in [0, 0.05) is 0 Å². The number of nitrogens with zero attached hydrogens (tertiary/aromatic N) is 4. The Kier molecular flexibility index (Phi) is 4.31. The first-order valence-corrected chi connectivity index (χ1v) is 8.90. The fraction of sp³-hybridized carbons (Fsp3) is 0.500. The Labute approximate surface area is 133 Å². The summed E-state index contributed by atoms with van der Waals surface area (Å²) < 4.78 is 16.7. The summed E-state index contributed by atoms with van der Waals surface area (Å²) in [7, 11) is -4.65. The van der Waals surface area contributed by atoms with Crippen molar-refractivity contribution in [3.05, 3.63) is 12.7 Å². The molecule has 23 heavy (non-hydrogen) atoms. The molecule has 0 spiro atoms. The summed E-state index contributed by atoms with van der Waals surface area (Å²) in [4.78, 5) is 29.4. The van der Waals surface area contributed by atoms with E-state index < -0.39 is 37.3 Å². The largest absolute Gasteiger partial charge is 0.469 e. The van der Waals surface area contributed by atoms with Crippen LogP contribution < -0.4 is 5.73 Å². The van der Waals surface area contributed by atoms with Crippen molar-refractivity contribution in [1.29, 1.82) is 0 Å². The standard InChI is InChI=1S/C10H14N5O6PS/c11-8-5-9(13-2-12-8)15(3-14-5)10-7(17)6(16)4(23-10)1-21-22(18,19)20/h2-4,6-7,10,16-17H,1H2,(H2,11,12,13)(H2,18,19,20)/t4-,6-,7-,10-/m1/s1. The fourth-order valence-corrected chi connectivity index (χ4v) is 4.21. The molecule has 0 amide bonds. The number of phosphoric ester groups is 1. The second-order valence-corrected chi connectivity index (χ2v) is 7.52. The van der Waals surface area contributed by atoms with Gasteiger partial charge in [-0.2, -0.15) is 0 Å². The molecule has 11 nitrogen and oxygen atoms in total. The zero-order valence-electron chi connectivity index (χ0n) is 11.5. The molecule has 1 saturated heterocycles. The average molecular weight is 363 g/mol. The van der Waals surface area contributed by atoms with Crippen molar-refractivity contribution < 1.29 is 29.1 Å². The van der Waals surface area contributed by atoms with Gasteiger partial charge in [-0.25, -0.2) is 19.5 Å². The number of thioether (sulfide) groups is 1. The number of nitrogen functional groups attached to an aromatic ring is 1. The van der Waals surface area contributed by atoms with Crippen molar-refractivity contribution in [2.45, 2.75) is 22.8 Å². The number of nitrogens with two attached hydrogens (primary N) is 1. The lowest BCUT2D eigenvalue weighted by molar-refractivity contribution is 0.0111. The predicted octanol–water partition coefficient (Wildman–Crippen LogP) is -1.15. The number of aromatic nitrogens is 4. The van der Waals surface area contributed by atoms with E-state index in [9.17, 15) is 14.8 Å². The monoisotopic (exact) mass is 363 g/mol. The van der Waals surface area contributed by atoms with Crippen LogP contribution in [-0.2, 0) is 9.09 Å². The number of fused-ring (bicyclic) bond motifs is 1. The summed E-state index contributed by atoms with van der Waals surface area (Å²) in [6.45, 7) is -0.409. The molecule has 126 valence electrons. The van der Waals surface area contributed by atoms with E-state index in [1.165, 1.54) is 17.2 Å². The molecular formula is C10H14N5O6PS. The van der Waals surface area contributed by atoms with Crippen LogP contribution in [0.5, 0.6) is 0 Å². The molecule has 0 radical (unpaired) electrons. The van der Waals surface area contributed by atoms with E-state index in [4.69, 9.17) is 15.5 Å². The maximum Gasteiger partial charge on any atom is 0.469 e. The molecule has 0 aliphatic carbocycles. The molecule has 6 N–H and O–H groups in total. The van der Waals surface area contributed by atoms with Gasteiger partial charge in [-0.3, -0.25) is 9.09 Å². The number of aliphatic hydroxyl groups excluding tert-OH is 2. The van der Waals surface area contributed by atoms with Gasteiger partial charge in [0.05, 0.1) is 24.3 Å². The van der Waals surface area contributed by atoms with Crippen LogP contribution in [-0.4, -0.2) is 63.6 Å². The second-order valence-electron chi connectivity index (χ2n) is 4.92. The Balaban J connectivity index is 1.85. The molecule has 0 bridgehead atoms. The summed E-state index contributed by atoms with van der Waals surface area (Å²) in [5, 5.41) is 18.9. The van der Waals surface area contributed by atoms with Gasteiger partial charge < -0.3 is 25.7 Å². The molecule has 0 aromatic carbocycles. The molecule has 3 heterocycles. The van der Waals surface area contributed by atoms with Crippen molar-refractivity contribution in [3.63, 3.8) is 0 Å². The van der Waals surface area contributed by atoms with Crippen molar-refractivity contribution in [1.82, 2.24) is 19.5 Å². The highest BCUT2D eigenvalue weighted by atomic mass is 32.2. The minimum atomic E-state index is -4.65. The summed E-state index contributed by atoms with van der Waals surface area (Å²) in [5.41, 5.74) is 6.45. The van der Waals surface area contributed by atoms with Crippen LogP contribution >= 0.6 is 19.6 Å². The molecule has 1 aliphatic heterocycles. The molecule has 13 heteroatoms. The molecule has 0 unspecified atom stereocenters. The van der Waals surface area contributed by atoms with E-state index in [0.29, 0.717) is 11.2 Å². The summed E-state index contributed by atoms with van der Waals surface area (Å²) in [6, 6.07) is 0. The topological polar surface area (TPSA) is 177 Å². The molecule has 1 fully saturated rings. The number of phosphoric acid groups is 1. The highest BCUT2D eigenvalue weighted by Gasteiger charge is 2.44. The predicted molar refractivity (Wildman–Crippen MR) is 80.2 cm³/mol. The van der Waals surface area contributed by atoms with E-state index in [-0.39, 0.29) is 5.82 Å². The van der Waals surface area contributed by atoms with Crippen molar-refractivity contribution in [3.8, 4) is 0 Å². The quantitative estimate of drug-likeness (QED) is 0.414. The van der Waals surface area contributed by atoms with Crippen LogP contribution in [0, 0.1) is 0 Å². The summed E-state index contributed by atoms with van der Waals surface area (Å²) >= 11 is 1.10. The Hall–Kier alpha value is -1.27. The molecule has 1 aliphatic rings. The molecule has 2 aromatic heterocycles. The van der Waals surface area contributed by atoms with Crippen molar-refractivity contribution >= 4 is 36.6 Å². The Morgan fingerprint density at radius 1 is 1.30 bits per heavy atom. The van der Waals surface area contributed by atoms with Gasteiger partial charge in [-0.05, 0) is 0 Å². The van der Waals surface area contributed by atoms with E-state index in [1.54, 1.807) is 0 Å². The third-order valence-electron chi connectivity index (χ3n) is 3.41. The zero-order valence-corrected chi connectivity index (χ0v) is 13.2. The van der Waals surface area contributed by atoms with E-state index in [1.807, 2.05) is 0 Å². The smallest absolute Gasteiger partial charge is 0.389 e.